The topological polar surface area (TPSA) is 54.0 Å². The molecule has 1 aliphatic heterocycles. The monoisotopic (exact) mass is 245 g/mol. The van der Waals surface area contributed by atoms with Crippen molar-refractivity contribution in [2.75, 3.05) is 5.32 Å². The van der Waals surface area contributed by atoms with E-state index in [2.05, 4.69) is 15.6 Å². The smallest absolute Gasteiger partial charge is 0.241 e. The molecule has 4 heteroatoms. The molecule has 0 aromatic carbocycles. The number of anilines is 1. The Bertz CT molecular complexity index is 406. The highest BCUT2D eigenvalue weighted by Crippen LogP contribution is 2.33. The van der Waals surface area contributed by atoms with Gasteiger partial charge in [0.1, 0.15) is 0 Å². The van der Waals surface area contributed by atoms with Crippen molar-refractivity contribution >= 4 is 11.6 Å². The van der Waals surface area contributed by atoms with E-state index in [-0.39, 0.29) is 11.9 Å². The number of carbonyl (C=O) groups is 1. The molecule has 18 heavy (non-hydrogen) atoms. The first-order valence-electron chi connectivity index (χ1n) is 6.80. The molecule has 3 rings (SSSR count). The van der Waals surface area contributed by atoms with Gasteiger partial charge in [0.15, 0.2) is 0 Å². The van der Waals surface area contributed by atoms with Crippen molar-refractivity contribution in [1.82, 2.24) is 10.3 Å². The summed E-state index contributed by atoms with van der Waals surface area (Å²) >= 11 is 0. The van der Waals surface area contributed by atoms with Crippen LogP contribution in [-0.4, -0.2) is 23.0 Å². The van der Waals surface area contributed by atoms with Crippen LogP contribution in [0.25, 0.3) is 0 Å². The Balaban J connectivity index is 1.60. The summed E-state index contributed by atoms with van der Waals surface area (Å²) in [6.45, 7) is 0. The van der Waals surface area contributed by atoms with Gasteiger partial charge < -0.3 is 10.6 Å². The van der Waals surface area contributed by atoms with Crippen LogP contribution in [0, 0.1) is 5.92 Å². The summed E-state index contributed by atoms with van der Waals surface area (Å²) < 4.78 is 0. The van der Waals surface area contributed by atoms with Crippen molar-refractivity contribution in [3.05, 3.63) is 24.5 Å². The van der Waals surface area contributed by atoms with Gasteiger partial charge in [-0.05, 0) is 37.3 Å². The zero-order chi connectivity index (χ0) is 12.4. The minimum absolute atomic E-state index is 0.0293. The normalized spacial score (nSPS) is 30.8. The highest BCUT2D eigenvalue weighted by Gasteiger charge is 2.38. The predicted octanol–water partition coefficient (Wildman–Crippen LogP) is 1.94. The lowest BCUT2D eigenvalue weighted by molar-refractivity contribution is -0.117. The maximum absolute atomic E-state index is 12.2. The molecule has 96 valence electrons. The van der Waals surface area contributed by atoms with Crippen LogP contribution in [0.2, 0.25) is 0 Å². The Morgan fingerprint density at radius 1 is 1.39 bits per heavy atom. The first kappa shape index (κ1) is 11.7. The van der Waals surface area contributed by atoms with Gasteiger partial charge in [-0.2, -0.15) is 0 Å². The molecule has 1 amide bonds. The summed E-state index contributed by atoms with van der Waals surface area (Å²) in [5.74, 6) is 0.779. The molecule has 2 heterocycles. The Kier molecular flexibility index (Phi) is 3.28. The number of hydrogen-bond acceptors (Lipinski definition) is 3. The Morgan fingerprint density at radius 2 is 2.28 bits per heavy atom. The van der Waals surface area contributed by atoms with Crippen LogP contribution >= 0.6 is 0 Å². The predicted molar refractivity (Wildman–Crippen MR) is 70.2 cm³/mol. The molecule has 1 saturated carbocycles. The van der Waals surface area contributed by atoms with Gasteiger partial charge in [-0.15, -0.1) is 0 Å². The fourth-order valence-electron chi connectivity index (χ4n) is 3.19. The summed E-state index contributed by atoms with van der Waals surface area (Å²) in [6, 6.07) is 4.23. The molecule has 1 saturated heterocycles. The highest BCUT2D eigenvalue weighted by molar-refractivity contribution is 5.94. The molecule has 2 N–H and O–H groups in total. The van der Waals surface area contributed by atoms with E-state index in [1.54, 1.807) is 12.4 Å². The molecule has 1 aromatic heterocycles. The van der Waals surface area contributed by atoms with E-state index in [0.29, 0.717) is 12.0 Å². The van der Waals surface area contributed by atoms with Crippen LogP contribution in [0.1, 0.15) is 32.1 Å². The van der Waals surface area contributed by atoms with Crippen molar-refractivity contribution in [3.8, 4) is 0 Å². The van der Waals surface area contributed by atoms with Crippen LogP contribution in [0.15, 0.2) is 24.5 Å². The standard InChI is InChI=1S/C14H19N3O/c18-14(16-11-5-3-7-15-9-11)13-8-10-4-1-2-6-12(10)17-13/h3,5,7,9-10,12-13,17H,1-2,4,6,8H2,(H,16,18). The first-order valence-corrected chi connectivity index (χ1v) is 6.80. The number of fused-ring (bicyclic) bond motifs is 1. The van der Waals surface area contributed by atoms with Gasteiger partial charge in [0.2, 0.25) is 5.91 Å². The molecule has 3 unspecified atom stereocenters. The summed E-state index contributed by atoms with van der Waals surface area (Å²) in [5, 5.41) is 6.41. The molecule has 0 radical (unpaired) electrons. The maximum Gasteiger partial charge on any atom is 0.241 e. The lowest BCUT2D eigenvalue weighted by Gasteiger charge is -2.24. The van der Waals surface area contributed by atoms with Gasteiger partial charge in [0, 0.05) is 12.2 Å². The largest absolute Gasteiger partial charge is 0.323 e. The molecular formula is C14H19N3O. The molecule has 2 aliphatic rings. The average Bonchev–Trinajstić information content (AvgIpc) is 2.84. The lowest BCUT2D eigenvalue weighted by Crippen LogP contribution is -2.39. The maximum atomic E-state index is 12.2. The summed E-state index contributed by atoms with van der Waals surface area (Å²) in [5.41, 5.74) is 0.777. The third kappa shape index (κ3) is 2.38. The zero-order valence-electron chi connectivity index (χ0n) is 10.4. The van der Waals surface area contributed by atoms with Crippen molar-refractivity contribution in [1.29, 1.82) is 0 Å². The van der Waals surface area contributed by atoms with Gasteiger partial charge in [0.25, 0.3) is 0 Å². The van der Waals surface area contributed by atoms with E-state index in [1.807, 2.05) is 12.1 Å². The zero-order valence-corrected chi connectivity index (χ0v) is 10.4. The first-order chi connectivity index (χ1) is 8.83. The molecule has 0 bridgehead atoms. The minimum atomic E-state index is -0.0293. The molecule has 1 aromatic rings. The van der Waals surface area contributed by atoms with Crippen LogP contribution in [0.3, 0.4) is 0 Å². The number of nitrogens with one attached hydrogen (secondary N) is 2. The van der Waals surface area contributed by atoms with Crippen LogP contribution < -0.4 is 10.6 Å². The number of carbonyl (C=O) groups excluding carboxylic acids is 1. The second-order valence-corrected chi connectivity index (χ2v) is 5.34. The van der Waals surface area contributed by atoms with Crippen LogP contribution in [-0.2, 0) is 4.79 Å². The molecule has 4 nitrogen and oxygen atoms in total. The molecule has 3 atom stereocenters. The quantitative estimate of drug-likeness (QED) is 0.837. The van der Waals surface area contributed by atoms with Crippen LogP contribution in [0.4, 0.5) is 5.69 Å². The van der Waals surface area contributed by atoms with E-state index < -0.39 is 0 Å². The molecule has 0 spiro atoms. The SMILES string of the molecule is O=C(Nc1cccnc1)C1CC2CCCCC2N1. The van der Waals surface area contributed by atoms with Gasteiger partial charge >= 0.3 is 0 Å². The van der Waals surface area contributed by atoms with Crippen LogP contribution in [0.5, 0.6) is 0 Å². The van der Waals surface area contributed by atoms with E-state index in [4.69, 9.17) is 0 Å². The average molecular weight is 245 g/mol. The van der Waals surface area contributed by atoms with Crippen molar-refractivity contribution in [2.24, 2.45) is 5.92 Å². The third-order valence-corrected chi connectivity index (χ3v) is 4.11. The summed E-state index contributed by atoms with van der Waals surface area (Å²) in [4.78, 5) is 16.2. The fraction of sp³-hybridized carbons (Fsp3) is 0.571. The minimum Gasteiger partial charge on any atom is -0.323 e. The van der Waals surface area contributed by atoms with E-state index in [9.17, 15) is 4.79 Å². The van der Waals surface area contributed by atoms with Gasteiger partial charge in [-0.3, -0.25) is 9.78 Å². The van der Waals surface area contributed by atoms with E-state index in [1.165, 1.54) is 25.7 Å². The van der Waals surface area contributed by atoms with Gasteiger partial charge in [-0.25, -0.2) is 0 Å². The number of nitrogens with zero attached hydrogens (tertiary/aromatic N) is 1. The number of amides is 1. The summed E-state index contributed by atoms with van der Waals surface area (Å²) in [6.07, 6.45) is 9.48. The second-order valence-electron chi connectivity index (χ2n) is 5.34. The lowest BCUT2D eigenvalue weighted by atomic mass is 9.85. The van der Waals surface area contributed by atoms with E-state index in [0.717, 1.165) is 12.1 Å². The Labute approximate surface area is 107 Å². The van der Waals surface area contributed by atoms with Gasteiger partial charge in [0.05, 0.1) is 17.9 Å². The second kappa shape index (κ2) is 5.06. The number of hydrogen-bond donors (Lipinski definition) is 2. The molecule has 1 aliphatic carbocycles. The Morgan fingerprint density at radius 3 is 3.06 bits per heavy atom. The van der Waals surface area contributed by atoms with Crippen molar-refractivity contribution in [2.45, 2.75) is 44.2 Å². The molecule has 2 fully saturated rings. The number of rotatable bonds is 2. The van der Waals surface area contributed by atoms with Crippen molar-refractivity contribution < 1.29 is 4.79 Å². The fourth-order valence-corrected chi connectivity index (χ4v) is 3.19. The third-order valence-electron chi connectivity index (χ3n) is 4.11. The Hall–Kier alpha value is -1.42. The van der Waals surface area contributed by atoms with Crippen molar-refractivity contribution in [3.63, 3.8) is 0 Å². The number of pyridine rings is 1. The molecular weight excluding hydrogens is 226 g/mol. The number of aromatic nitrogens is 1. The van der Waals surface area contributed by atoms with Gasteiger partial charge in [-0.1, -0.05) is 12.8 Å². The highest BCUT2D eigenvalue weighted by atomic mass is 16.2. The summed E-state index contributed by atoms with van der Waals surface area (Å²) in [7, 11) is 0. The van der Waals surface area contributed by atoms with E-state index >= 15 is 0 Å².